The summed E-state index contributed by atoms with van der Waals surface area (Å²) in [7, 11) is 0. The van der Waals surface area contributed by atoms with Gasteiger partial charge < -0.3 is 20.6 Å². The third-order valence-corrected chi connectivity index (χ3v) is 2.31. The summed E-state index contributed by atoms with van der Waals surface area (Å²) < 4.78 is 0. The number of hydrogen-bond donors (Lipinski definition) is 4. The minimum Gasteiger partial charge on any atom is -0.381 e. The molecule has 98 valence electrons. The van der Waals surface area contributed by atoms with E-state index in [1.807, 2.05) is 4.90 Å². The summed E-state index contributed by atoms with van der Waals surface area (Å²) in [5.74, 6) is 0. The standard InChI is InChI=1S/C10H25N3O3/c1-2-4-11-7-12(8-14)5-3-6-13(9-15)10-16/h11,14-16H,2-10H2,1H3. The summed E-state index contributed by atoms with van der Waals surface area (Å²) in [6.45, 7) is 4.82. The van der Waals surface area contributed by atoms with E-state index >= 15 is 0 Å². The highest BCUT2D eigenvalue weighted by atomic mass is 16.3. The second-order valence-electron chi connectivity index (χ2n) is 3.72. The highest BCUT2D eigenvalue weighted by molar-refractivity contribution is 4.55. The fraction of sp³-hybridized carbons (Fsp3) is 1.00. The molecule has 0 aromatic carbocycles. The van der Waals surface area contributed by atoms with E-state index in [0.717, 1.165) is 25.9 Å². The molecule has 16 heavy (non-hydrogen) atoms. The van der Waals surface area contributed by atoms with E-state index in [0.29, 0.717) is 13.2 Å². The predicted molar refractivity (Wildman–Crippen MR) is 62.4 cm³/mol. The predicted octanol–water partition coefficient (Wildman–Crippen LogP) is -1.21. The average Bonchev–Trinajstić information content (AvgIpc) is 2.32. The molecule has 4 N–H and O–H groups in total. The van der Waals surface area contributed by atoms with E-state index in [9.17, 15) is 0 Å². The van der Waals surface area contributed by atoms with Crippen molar-refractivity contribution >= 4 is 0 Å². The molecular formula is C10H25N3O3. The minimum absolute atomic E-state index is 0.0228. The maximum absolute atomic E-state index is 9.08. The zero-order valence-corrected chi connectivity index (χ0v) is 10.1. The molecule has 0 saturated heterocycles. The molecule has 6 heteroatoms. The number of hydrogen-bond acceptors (Lipinski definition) is 6. The summed E-state index contributed by atoms with van der Waals surface area (Å²) in [5, 5.41) is 29.9. The first kappa shape index (κ1) is 15.8. The number of nitrogens with one attached hydrogen (secondary N) is 1. The molecule has 6 nitrogen and oxygen atoms in total. The number of nitrogens with zero attached hydrogens (tertiary/aromatic N) is 2. The van der Waals surface area contributed by atoms with Crippen LogP contribution in [0.2, 0.25) is 0 Å². The second kappa shape index (κ2) is 11.3. The zero-order chi connectivity index (χ0) is 12.2. The number of aliphatic hydroxyl groups excluding tert-OH is 3. The Hall–Kier alpha value is -0.240. The van der Waals surface area contributed by atoms with Gasteiger partial charge in [-0.15, -0.1) is 0 Å². The van der Waals surface area contributed by atoms with Gasteiger partial charge in [0.05, 0.1) is 26.9 Å². The number of aliphatic hydroxyl groups is 3. The Labute approximate surface area is 97.5 Å². The van der Waals surface area contributed by atoms with Crippen LogP contribution >= 0.6 is 0 Å². The Kier molecular flexibility index (Phi) is 11.1. The third-order valence-electron chi connectivity index (χ3n) is 2.31. The lowest BCUT2D eigenvalue weighted by Gasteiger charge is -2.22. The highest BCUT2D eigenvalue weighted by Gasteiger charge is 2.04. The Balaban J connectivity index is 3.53. The molecule has 0 atom stereocenters. The van der Waals surface area contributed by atoms with Gasteiger partial charge in [0.2, 0.25) is 0 Å². The van der Waals surface area contributed by atoms with Crippen LogP contribution in [0.5, 0.6) is 0 Å². The van der Waals surface area contributed by atoms with E-state index in [-0.39, 0.29) is 20.2 Å². The topological polar surface area (TPSA) is 79.2 Å². The Bertz CT molecular complexity index is 145. The first-order valence-corrected chi connectivity index (χ1v) is 5.76. The van der Waals surface area contributed by atoms with Gasteiger partial charge >= 0.3 is 0 Å². The first-order chi connectivity index (χ1) is 7.78. The van der Waals surface area contributed by atoms with Gasteiger partial charge in [-0.05, 0) is 19.4 Å². The van der Waals surface area contributed by atoms with Crippen molar-refractivity contribution in [1.82, 2.24) is 15.1 Å². The van der Waals surface area contributed by atoms with Gasteiger partial charge in [-0.25, -0.2) is 0 Å². The molecule has 0 aliphatic carbocycles. The van der Waals surface area contributed by atoms with Gasteiger partial charge in [0.15, 0.2) is 0 Å². The van der Waals surface area contributed by atoms with Crippen LogP contribution < -0.4 is 5.32 Å². The lowest BCUT2D eigenvalue weighted by Crippen LogP contribution is -2.37. The molecule has 0 saturated carbocycles. The van der Waals surface area contributed by atoms with Crippen LogP contribution in [0.3, 0.4) is 0 Å². The molecule has 0 radical (unpaired) electrons. The molecule has 0 unspecified atom stereocenters. The largest absolute Gasteiger partial charge is 0.381 e. The first-order valence-electron chi connectivity index (χ1n) is 5.76. The van der Waals surface area contributed by atoms with Gasteiger partial charge in [0, 0.05) is 13.1 Å². The van der Waals surface area contributed by atoms with Crippen LogP contribution in [0.1, 0.15) is 19.8 Å². The van der Waals surface area contributed by atoms with E-state index in [1.54, 1.807) is 0 Å². The number of rotatable bonds is 11. The summed E-state index contributed by atoms with van der Waals surface area (Å²) in [6.07, 6.45) is 1.87. The fourth-order valence-corrected chi connectivity index (χ4v) is 1.32. The molecule has 0 heterocycles. The van der Waals surface area contributed by atoms with Crippen LogP contribution in [0, 0.1) is 0 Å². The lowest BCUT2D eigenvalue weighted by molar-refractivity contribution is 0.0234. The van der Waals surface area contributed by atoms with Crippen molar-refractivity contribution in [3.63, 3.8) is 0 Å². The minimum atomic E-state index is -0.135. The van der Waals surface area contributed by atoms with E-state index in [2.05, 4.69) is 12.2 Å². The van der Waals surface area contributed by atoms with Gasteiger partial charge in [-0.1, -0.05) is 6.92 Å². The molecule has 0 amide bonds. The van der Waals surface area contributed by atoms with Crippen LogP contribution in [-0.2, 0) is 0 Å². The molecule has 0 rings (SSSR count). The van der Waals surface area contributed by atoms with Gasteiger partial charge in [0.1, 0.15) is 0 Å². The summed E-state index contributed by atoms with van der Waals surface area (Å²) >= 11 is 0. The molecule has 0 aliphatic rings. The molecular weight excluding hydrogens is 210 g/mol. The smallest absolute Gasteiger partial charge is 0.0974 e. The molecule has 0 aromatic heterocycles. The van der Waals surface area contributed by atoms with Gasteiger partial charge in [-0.3, -0.25) is 9.80 Å². The summed E-state index contributed by atoms with van der Waals surface area (Å²) in [4.78, 5) is 3.40. The fourth-order valence-electron chi connectivity index (χ4n) is 1.32. The van der Waals surface area contributed by atoms with Crippen molar-refractivity contribution < 1.29 is 15.3 Å². The Morgan fingerprint density at radius 2 is 1.50 bits per heavy atom. The Morgan fingerprint density at radius 1 is 0.938 bits per heavy atom. The lowest BCUT2D eigenvalue weighted by atomic mass is 10.4. The maximum atomic E-state index is 9.08. The monoisotopic (exact) mass is 235 g/mol. The van der Waals surface area contributed by atoms with Crippen molar-refractivity contribution in [2.24, 2.45) is 0 Å². The van der Waals surface area contributed by atoms with Gasteiger partial charge in [-0.2, -0.15) is 0 Å². The van der Waals surface area contributed by atoms with Crippen molar-refractivity contribution in [1.29, 1.82) is 0 Å². The van der Waals surface area contributed by atoms with Crippen LogP contribution in [0.15, 0.2) is 0 Å². The third kappa shape index (κ3) is 7.98. The van der Waals surface area contributed by atoms with E-state index < -0.39 is 0 Å². The van der Waals surface area contributed by atoms with E-state index in [4.69, 9.17) is 15.3 Å². The summed E-state index contributed by atoms with van der Waals surface area (Å²) in [5.41, 5.74) is 0. The van der Waals surface area contributed by atoms with Crippen LogP contribution in [-0.4, -0.2) is 71.6 Å². The van der Waals surface area contributed by atoms with Gasteiger partial charge in [0.25, 0.3) is 0 Å². The Morgan fingerprint density at radius 3 is 2.00 bits per heavy atom. The van der Waals surface area contributed by atoms with Crippen molar-refractivity contribution in [2.75, 3.05) is 46.5 Å². The van der Waals surface area contributed by atoms with Crippen LogP contribution in [0.4, 0.5) is 0 Å². The highest BCUT2D eigenvalue weighted by Crippen LogP contribution is 1.92. The average molecular weight is 235 g/mol. The maximum Gasteiger partial charge on any atom is 0.0974 e. The second-order valence-corrected chi connectivity index (χ2v) is 3.72. The molecule has 0 fully saturated rings. The zero-order valence-electron chi connectivity index (χ0n) is 10.1. The molecule has 0 spiro atoms. The van der Waals surface area contributed by atoms with Crippen molar-refractivity contribution in [3.8, 4) is 0 Å². The summed E-state index contributed by atoms with van der Waals surface area (Å²) in [6, 6.07) is 0. The van der Waals surface area contributed by atoms with Crippen molar-refractivity contribution in [3.05, 3.63) is 0 Å². The quantitative estimate of drug-likeness (QED) is 0.266. The molecule has 0 bridgehead atoms. The van der Waals surface area contributed by atoms with Crippen molar-refractivity contribution in [2.45, 2.75) is 19.8 Å². The van der Waals surface area contributed by atoms with Crippen LogP contribution in [0.25, 0.3) is 0 Å². The molecule has 0 aromatic rings. The molecule has 0 aliphatic heterocycles. The normalized spacial score (nSPS) is 11.6. The van der Waals surface area contributed by atoms with E-state index in [1.165, 1.54) is 4.90 Å². The SMILES string of the molecule is CCCNCN(CO)CCCN(CO)CO.